The maximum absolute atomic E-state index is 11.1. The van der Waals surface area contributed by atoms with Crippen molar-refractivity contribution in [2.75, 3.05) is 46.8 Å². The third-order valence-electron chi connectivity index (χ3n) is 6.20. The number of pyridine rings is 2. The number of carbonyl (C=O) groups is 1. The second-order valence-electron chi connectivity index (χ2n) is 9.82. The van der Waals surface area contributed by atoms with Crippen molar-refractivity contribution < 1.29 is 18.7 Å². The van der Waals surface area contributed by atoms with Gasteiger partial charge in [-0.3, -0.25) is 9.78 Å². The molecule has 0 saturated carbocycles. The molecule has 5 rings (SSSR count). The summed E-state index contributed by atoms with van der Waals surface area (Å²) in [5.41, 5.74) is 6.17. The molecule has 1 aromatic carbocycles. The van der Waals surface area contributed by atoms with Crippen LogP contribution in [0.5, 0.6) is 5.75 Å². The molecule has 1 aliphatic rings. The van der Waals surface area contributed by atoms with Gasteiger partial charge in [0.05, 0.1) is 18.4 Å². The lowest BCUT2D eigenvalue weighted by molar-refractivity contribution is 0.0904. The Kier molecular flexibility index (Phi) is 8.92. The number of fused-ring (bicyclic) bond motifs is 1. The Labute approximate surface area is 228 Å². The van der Waals surface area contributed by atoms with Gasteiger partial charge in [0.15, 0.2) is 17.6 Å². The molecular formula is C30H33N5O4. The summed E-state index contributed by atoms with van der Waals surface area (Å²) < 4.78 is 17.1. The van der Waals surface area contributed by atoms with Gasteiger partial charge in [-0.25, -0.2) is 4.98 Å². The molecule has 3 aromatic heterocycles. The molecule has 9 heteroatoms. The second kappa shape index (κ2) is 12.5. The molecule has 1 aliphatic heterocycles. The number of hydrogen-bond donors (Lipinski definition) is 1. The summed E-state index contributed by atoms with van der Waals surface area (Å²) in [5, 5.41) is 13.4. The minimum atomic E-state index is 0.289. The number of hydrogen-bond acceptors (Lipinski definition) is 9. The fourth-order valence-corrected chi connectivity index (χ4v) is 4.39. The molecule has 0 spiro atoms. The van der Waals surface area contributed by atoms with Crippen molar-refractivity contribution in [1.29, 1.82) is 5.26 Å². The molecule has 1 N–H and O–H groups in total. The van der Waals surface area contributed by atoms with E-state index in [9.17, 15) is 10.1 Å². The van der Waals surface area contributed by atoms with Crippen LogP contribution in [0.3, 0.4) is 0 Å². The van der Waals surface area contributed by atoms with Gasteiger partial charge >= 0.3 is 0 Å². The summed E-state index contributed by atoms with van der Waals surface area (Å²) in [6, 6.07) is 11.8. The Morgan fingerprint density at radius 2 is 1.87 bits per heavy atom. The first kappa shape index (κ1) is 27.8. The van der Waals surface area contributed by atoms with E-state index in [0.717, 1.165) is 48.4 Å². The lowest BCUT2D eigenvalue weighted by Gasteiger charge is -2.24. The topological polar surface area (TPSA) is 114 Å². The minimum absolute atomic E-state index is 0.289. The van der Waals surface area contributed by atoms with Gasteiger partial charge in [-0.15, -0.1) is 0 Å². The van der Waals surface area contributed by atoms with Gasteiger partial charge in [-0.1, -0.05) is 6.07 Å². The summed E-state index contributed by atoms with van der Waals surface area (Å²) in [7, 11) is 7.52. The number of anilines is 1. The number of carbonyl (C=O) groups excluding carboxylic acids is 1. The Hall–Kier alpha value is -4.26. The van der Waals surface area contributed by atoms with Crippen LogP contribution in [0.1, 0.15) is 34.3 Å². The van der Waals surface area contributed by atoms with E-state index in [2.05, 4.69) is 21.4 Å². The molecule has 0 bridgehead atoms. The van der Waals surface area contributed by atoms with Gasteiger partial charge in [0.2, 0.25) is 0 Å². The molecule has 1 saturated heterocycles. The number of furan rings is 1. The van der Waals surface area contributed by atoms with Crippen LogP contribution < -0.4 is 10.1 Å². The maximum Gasteiger partial charge on any atom is 0.161 e. The predicted octanol–water partition coefficient (Wildman–Crippen LogP) is 5.33. The summed E-state index contributed by atoms with van der Waals surface area (Å²) in [6.07, 6.45) is 5.81. The third-order valence-corrected chi connectivity index (χ3v) is 6.20. The number of rotatable bonds is 6. The normalized spacial score (nSPS) is 13.5. The Balaban J connectivity index is 0.000000826. The van der Waals surface area contributed by atoms with E-state index in [1.165, 1.54) is 13.3 Å². The number of methoxy groups -OCH3 is 1. The molecule has 4 aromatic rings. The van der Waals surface area contributed by atoms with Crippen LogP contribution >= 0.6 is 0 Å². The van der Waals surface area contributed by atoms with Crippen molar-refractivity contribution >= 4 is 23.1 Å². The van der Waals surface area contributed by atoms with Crippen molar-refractivity contribution in [1.82, 2.24) is 14.9 Å². The average molecular weight is 528 g/mol. The standard InChI is InChI=1S/C27H24N4O4.C3H9N/c1-16-13-29-22-11-24(26-23(33-2)9-17(15-32)14-30-26)35-27(22)25(16)18-3-4-21(19(10-18)12-28)31-20-5-7-34-8-6-20;1-4(2)3/h3-4,9-11,13-15,20,31H,5-8H2,1-2H3;1-3H3. The number of ether oxygens (including phenoxy) is 2. The van der Waals surface area contributed by atoms with Crippen molar-refractivity contribution in [3.8, 4) is 34.4 Å². The fraction of sp³-hybridized carbons (Fsp3) is 0.333. The average Bonchev–Trinajstić information content (AvgIpc) is 3.37. The largest absolute Gasteiger partial charge is 0.494 e. The summed E-state index contributed by atoms with van der Waals surface area (Å²) in [6.45, 7) is 3.41. The molecule has 0 atom stereocenters. The highest BCUT2D eigenvalue weighted by Crippen LogP contribution is 2.38. The Morgan fingerprint density at radius 3 is 2.54 bits per heavy atom. The molecule has 0 amide bonds. The zero-order chi connectivity index (χ0) is 27.9. The monoisotopic (exact) mass is 527 g/mol. The van der Waals surface area contributed by atoms with Crippen molar-refractivity contribution in [3.05, 3.63) is 59.4 Å². The van der Waals surface area contributed by atoms with Crippen LogP contribution in [0.4, 0.5) is 5.69 Å². The molecule has 0 aliphatic carbocycles. The van der Waals surface area contributed by atoms with Gasteiger partial charge in [0, 0.05) is 48.8 Å². The van der Waals surface area contributed by atoms with Crippen molar-refractivity contribution in [2.45, 2.75) is 25.8 Å². The van der Waals surface area contributed by atoms with E-state index in [-0.39, 0.29) is 6.04 Å². The summed E-state index contributed by atoms with van der Waals surface area (Å²) >= 11 is 0. The highest BCUT2D eigenvalue weighted by atomic mass is 16.5. The van der Waals surface area contributed by atoms with Gasteiger partial charge < -0.3 is 24.1 Å². The molecule has 0 unspecified atom stereocenters. The first-order valence-corrected chi connectivity index (χ1v) is 12.7. The van der Waals surface area contributed by atoms with Gasteiger partial charge in [-0.2, -0.15) is 5.26 Å². The number of nitrogens with one attached hydrogen (secondary N) is 1. The highest BCUT2D eigenvalue weighted by Gasteiger charge is 2.20. The van der Waals surface area contributed by atoms with Gasteiger partial charge in [0.1, 0.15) is 23.0 Å². The molecule has 1 fully saturated rings. The van der Waals surface area contributed by atoms with E-state index in [0.29, 0.717) is 45.7 Å². The zero-order valence-corrected chi connectivity index (χ0v) is 22.9. The van der Waals surface area contributed by atoms with E-state index >= 15 is 0 Å². The fourth-order valence-electron chi connectivity index (χ4n) is 4.39. The number of benzene rings is 1. The molecule has 202 valence electrons. The third kappa shape index (κ3) is 6.42. The number of nitriles is 1. The van der Waals surface area contributed by atoms with Crippen LogP contribution in [-0.2, 0) is 4.74 Å². The maximum atomic E-state index is 11.1. The number of aromatic nitrogens is 2. The Morgan fingerprint density at radius 1 is 1.13 bits per heavy atom. The van der Waals surface area contributed by atoms with Crippen LogP contribution in [0.15, 0.2) is 47.1 Å². The number of nitrogens with zero attached hydrogens (tertiary/aromatic N) is 4. The van der Waals surface area contributed by atoms with E-state index < -0.39 is 0 Å². The van der Waals surface area contributed by atoms with Crippen LogP contribution in [0.25, 0.3) is 33.7 Å². The van der Waals surface area contributed by atoms with E-state index in [1.54, 1.807) is 18.3 Å². The quantitative estimate of drug-likeness (QED) is 0.333. The first-order chi connectivity index (χ1) is 18.8. The summed E-state index contributed by atoms with van der Waals surface area (Å²) in [5.74, 6) is 0.911. The Bertz CT molecular complexity index is 1500. The van der Waals surface area contributed by atoms with E-state index in [1.807, 2.05) is 51.2 Å². The lowest BCUT2D eigenvalue weighted by Crippen LogP contribution is -2.28. The van der Waals surface area contributed by atoms with Crippen LogP contribution in [0.2, 0.25) is 0 Å². The zero-order valence-electron chi connectivity index (χ0n) is 22.9. The molecule has 4 heterocycles. The number of aldehydes is 1. The smallest absolute Gasteiger partial charge is 0.161 e. The number of aryl methyl sites for hydroxylation is 1. The molecule has 9 nitrogen and oxygen atoms in total. The van der Waals surface area contributed by atoms with Gasteiger partial charge in [-0.05, 0) is 70.2 Å². The van der Waals surface area contributed by atoms with E-state index in [4.69, 9.17) is 13.9 Å². The SMILES string of the molecule is CN(C)C.COc1cc(C=O)cnc1-c1cc2ncc(C)c(-c3ccc(NC4CCOCC4)c(C#N)c3)c2o1. The molecule has 39 heavy (non-hydrogen) atoms. The summed E-state index contributed by atoms with van der Waals surface area (Å²) in [4.78, 5) is 22.0. The van der Waals surface area contributed by atoms with Crippen molar-refractivity contribution in [2.24, 2.45) is 0 Å². The van der Waals surface area contributed by atoms with Gasteiger partial charge in [0.25, 0.3) is 0 Å². The first-order valence-electron chi connectivity index (χ1n) is 12.7. The lowest BCUT2D eigenvalue weighted by atomic mass is 9.98. The predicted molar refractivity (Wildman–Crippen MR) is 151 cm³/mol. The molecular weight excluding hydrogens is 494 g/mol. The van der Waals surface area contributed by atoms with Crippen LogP contribution in [-0.4, -0.2) is 68.7 Å². The van der Waals surface area contributed by atoms with Crippen molar-refractivity contribution in [3.63, 3.8) is 0 Å². The molecule has 0 radical (unpaired) electrons. The van der Waals surface area contributed by atoms with Crippen LogP contribution in [0, 0.1) is 18.3 Å². The minimum Gasteiger partial charge on any atom is -0.494 e. The highest BCUT2D eigenvalue weighted by molar-refractivity contribution is 5.95. The second-order valence-corrected chi connectivity index (χ2v) is 9.82.